The molecule has 2 aromatic carbocycles. The van der Waals surface area contributed by atoms with Crippen LogP contribution in [0.25, 0.3) is 10.1 Å². The van der Waals surface area contributed by atoms with Crippen molar-refractivity contribution in [1.82, 2.24) is 24.2 Å². The monoisotopic (exact) mass is 604 g/mol. The van der Waals surface area contributed by atoms with Gasteiger partial charge in [0.25, 0.3) is 11.8 Å². The van der Waals surface area contributed by atoms with Gasteiger partial charge in [-0.05, 0) is 66.3 Å². The van der Waals surface area contributed by atoms with Crippen molar-refractivity contribution in [3.05, 3.63) is 106 Å². The van der Waals surface area contributed by atoms with Crippen LogP contribution in [0.15, 0.2) is 67.0 Å². The zero-order chi connectivity index (χ0) is 29.8. The van der Waals surface area contributed by atoms with Crippen LogP contribution in [0.3, 0.4) is 0 Å². The van der Waals surface area contributed by atoms with Crippen LogP contribution in [-0.4, -0.2) is 43.1 Å². The van der Waals surface area contributed by atoms with E-state index in [-0.39, 0.29) is 41.2 Å². The number of ketones is 1. The second-order valence-electron chi connectivity index (χ2n) is 9.69. The minimum Gasteiger partial charge on any atom is -0.349 e. The molecule has 5 aromatic rings. The van der Waals surface area contributed by atoms with E-state index >= 15 is 0 Å². The zero-order valence-corrected chi connectivity index (χ0v) is 24.3. The largest absolute Gasteiger partial charge is 0.349 e. The van der Waals surface area contributed by atoms with Gasteiger partial charge in [0.15, 0.2) is 5.82 Å². The third kappa shape index (κ3) is 6.22. The fourth-order valence-electron chi connectivity index (χ4n) is 4.71. The quantitative estimate of drug-likeness (QED) is 0.213. The van der Waals surface area contributed by atoms with E-state index in [9.17, 15) is 18.8 Å². The van der Waals surface area contributed by atoms with Gasteiger partial charge in [-0.3, -0.25) is 19.4 Å². The molecule has 214 valence electrons. The molecule has 1 atom stereocenters. The Morgan fingerprint density at radius 3 is 2.67 bits per heavy atom. The maximum absolute atomic E-state index is 14.3. The molecular formula is C30H26ClFN6O3S. The molecule has 12 heteroatoms. The number of carbonyl (C=O) groups excluding carboxylic acids is 3. The van der Waals surface area contributed by atoms with Gasteiger partial charge in [0.1, 0.15) is 17.3 Å². The summed E-state index contributed by atoms with van der Waals surface area (Å²) < 4.78 is 20.9. The van der Waals surface area contributed by atoms with E-state index < -0.39 is 23.5 Å². The van der Waals surface area contributed by atoms with Gasteiger partial charge in [0, 0.05) is 35.3 Å². The third-order valence-electron chi connectivity index (χ3n) is 6.67. The number of halogens is 2. The summed E-state index contributed by atoms with van der Waals surface area (Å²) in [5.41, 5.74) is 1.85. The Morgan fingerprint density at radius 1 is 1.10 bits per heavy atom. The van der Waals surface area contributed by atoms with E-state index in [2.05, 4.69) is 25.0 Å². The average molecular weight is 605 g/mol. The number of anilines is 1. The van der Waals surface area contributed by atoms with Gasteiger partial charge in [0.05, 0.1) is 16.9 Å². The summed E-state index contributed by atoms with van der Waals surface area (Å²) in [6, 6.07) is 15.0. The maximum atomic E-state index is 14.3. The van der Waals surface area contributed by atoms with Crippen LogP contribution in [-0.2, 0) is 17.8 Å². The van der Waals surface area contributed by atoms with Crippen molar-refractivity contribution < 1.29 is 18.8 Å². The maximum Gasteiger partial charge on any atom is 0.287 e. The number of benzene rings is 2. The van der Waals surface area contributed by atoms with Crippen LogP contribution in [0.1, 0.15) is 57.7 Å². The number of aromatic nitrogens is 4. The number of amides is 2. The summed E-state index contributed by atoms with van der Waals surface area (Å²) in [6.45, 7) is 3.20. The summed E-state index contributed by atoms with van der Waals surface area (Å²) in [5, 5.41) is 6.58. The second-order valence-corrected chi connectivity index (χ2v) is 10.9. The Balaban J connectivity index is 1.56. The highest BCUT2D eigenvalue weighted by Crippen LogP contribution is 2.36. The molecule has 0 radical (unpaired) electrons. The molecule has 0 aliphatic heterocycles. The van der Waals surface area contributed by atoms with Crippen molar-refractivity contribution in [2.45, 2.75) is 32.7 Å². The molecule has 0 aliphatic carbocycles. The van der Waals surface area contributed by atoms with E-state index in [1.165, 1.54) is 41.2 Å². The SMILES string of the molecule is CC(=O)Cn1c(C(=O)NCCc2cccnc2)nc(NC(=O)c2nsc3ccccc23)c1[C@@H](C)c1cc(F)ccc1Cl. The Bertz CT molecular complexity index is 1790. The molecule has 42 heavy (non-hydrogen) atoms. The number of hydrogen-bond acceptors (Lipinski definition) is 7. The first kappa shape index (κ1) is 29.0. The van der Waals surface area contributed by atoms with Gasteiger partial charge in [-0.1, -0.05) is 42.8 Å². The molecule has 0 bridgehead atoms. The lowest BCUT2D eigenvalue weighted by Gasteiger charge is -2.19. The molecule has 2 amide bonds. The van der Waals surface area contributed by atoms with Crippen LogP contribution in [0.2, 0.25) is 5.02 Å². The predicted molar refractivity (Wildman–Crippen MR) is 160 cm³/mol. The Labute approximate surface area is 249 Å². The number of fused-ring (bicyclic) bond motifs is 1. The fourth-order valence-corrected chi connectivity index (χ4v) is 5.76. The molecule has 0 fully saturated rings. The summed E-state index contributed by atoms with van der Waals surface area (Å²) in [6.07, 6.45) is 3.90. The topological polar surface area (TPSA) is 119 Å². The second kappa shape index (κ2) is 12.6. The van der Waals surface area contributed by atoms with Gasteiger partial charge < -0.3 is 15.2 Å². The van der Waals surface area contributed by atoms with Crippen LogP contribution < -0.4 is 10.6 Å². The molecule has 0 saturated carbocycles. The Hall–Kier alpha value is -4.48. The first-order valence-electron chi connectivity index (χ1n) is 13.1. The molecule has 9 nitrogen and oxygen atoms in total. The highest BCUT2D eigenvalue weighted by molar-refractivity contribution is 7.13. The predicted octanol–water partition coefficient (Wildman–Crippen LogP) is 5.65. The number of imidazole rings is 1. The molecule has 2 N–H and O–H groups in total. The minimum absolute atomic E-state index is 0.0450. The highest BCUT2D eigenvalue weighted by atomic mass is 35.5. The number of hydrogen-bond donors (Lipinski definition) is 2. The van der Waals surface area contributed by atoms with Crippen LogP contribution >= 0.6 is 23.1 Å². The Kier molecular flexibility index (Phi) is 8.69. The van der Waals surface area contributed by atoms with E-state index in [0.29, 0.717) is 23.1 Å². The van der Waals surface area contributed by atoms with Crippen molar-refractivity contribution in [2.75, 3.05) is 11.9 Å². The lowest BCUT2D eigenvalue weighted by molar-refractivity contribution is -0.117. The van der Waals surface area contributed by atoms with E-state index in [1.54, 1.807) is 25.4 Å². The fraction of sp³-hybridized carbons (Fsp3) is 0.200. The molecule has 0 saturated heterocycles. The number of pyridine rings is 1. The first-order valence-corrected chi connectivity index (χ1v) is 14.3. The van der Waals surface area contributed by atoms with Crippen molar-refractivity contribution in [2.24, 2.45) is 0 Å². The minimum atomic E-state index is -0.667. The molecule has 0 aliphatic rings. The number of nitrogens with one attached hydrogen (secondary N) is 2. The van der Waals surface area contributed by atoms with Crippen molar-refractivity contribution in [3.63, 3.8) is 0 Å². The number of carbonyl (C=O) groups is 3. The highest BCUT2D eigenvalue weighted by Gasteiger charge is 2.30. The molecular weight excluding hydrogens is 579 g/mol. The third-order valence-corrected chi connectivity index (χ3v) is 7.84. The smallest absolute Gasteiger partial charge is 0.287 e. The zero-order valence-electron chi connectivity index (χ0n) is 22.7. The summed E-state index contributed by atoms with van der Waals surface area (Å²) >= 11 is 7.64. The normalized spacial score (nSPS) is 11.8. The molecule has 5 rings (SSSR count). The number of nitrogens with zero attached hydrogens (tertiary/aromatic N) is 4. The van der Waals surface area contributed by atoms with E-state index in [4.69, 9.17) is 11.6 Å². The average Bonchev–Trinajstić information content (AvgIpc) is 3.56. The van der Waals surface area contributed by atoms with Gasteiger partial charge >= 0.3 is 0 Å². The van der Waals surface area contributed by atoms with Crippen LogP contribution in [0.4, 0.5) is 10.2 Å². The molecule has 3 heterocycles. The number of rotatable bonds is 10. The molecule has 0 unspecified atom stereocenters. The van der Waals surface area contributed by atoms with E-state index in [0.717, 1.165) is 10.3 Å². The Morgan fingerprint density at radius 2 is 1.90 bits per heavy atom. The standard InChI is InChI=1S/C30H26ClFN6O3S/c1-17(39)16-38-26(18(2)22-14-20(32)9-10-23(22)31)27(36-29(40)25-21-7-3-4-8-24(21)42-37-25)35-28(38)30(41)34-13-11-19-6-5-12-33-15-19/h3-10,12,14-15,18H,11,13,16H2,1-2H3,(H,34,41)(H,36,40)/t18-/m0/s1. The molecule has 0 spiro atoms. The summed E-state index contributed by atoms with van der Waals surface area (Å²) in [4.78, 5) is 47.9. The lowest BCUT2D eigenvalue weighted by atomic mass is 9.96. The van der Waals surface area contributed by atoms with Gasteiger partial charge in [0.2, 0.25) is 5.82 Å². The van der Waals surface area contributed by atoms with Crippen LogP contribution in [0.5, 0.6) is 0 Å². The van der Waals surface area contributed by atoms with E-state index in [1.807, 2.05) is 30.3 Å². The summed E-state index contributed by atoms with van der Waals surface area (Å²) in [7, 11) is 0. The lowest BCUT2D eigenvalue weighted by Crippen LogP contribution is -2.30. The number of Topliss-reactive ketones (excluding diaryl/α,β-unsaturated/α-hetero) is 1. The first-order chi connectivity index (χ1) is 20.2. The van der Waals surface area contributed by atoms with Gasteiger partial charge in [-0.2, -0.15) is 4.37 Å². The van der Waals surface area contributed by atoms with Crippen LogP contribution in [0, 0.1) is 5.82 Å². The van der Waals surface area contributed by atoms with Crippen molar-refractivity contribution in [3.8, 4) is 0 Å². The summed E-state index contributed by atoms with van der Waals surface area (Å²) in [5.74, 6) is -2.54. The van der Waals surface area contributed by atoms with Gasteiger partial charge in [-0.15, -0.1) is 0 Å². The van der Waals surface area contributed by atoms with Gasteiger partial charge in [-0.25, -0.2) is 9.37 Å². The molecule has 3 aromatic heterocycles. The van der Waals surface area contributed by atoms with Crippen molar-refractivity contribution in [1.29, 1.82) is 0 Å². The van der Waals surface area contributed by atoms with Crippen molar-refractivity contribution >= 4 is 56.6 Å².